The molecule has 2 saturated heterocycles. The third-order valence-corrected chi connectivity index (χ3v) is 4.89. The van der Waals surface area contributed by atoms with Crippen LogP contribution in [0.4, 0.5) is 4.39 Å². The van der Waals surface area contributed by atoms with Crippen molar-refractivity contribution >= 4 is 12.6 Å². The average molecular weight is 322 g/mol. The van der Waals surface area contributed by atoms with Crippen LogP contribution in [0.15, 0.2) is 18.2 Å². The second-order valence-corrected chi connectivity index (χ2v) is 7.23. The van der Waals surface area contributed by atoms with Gasteiger partial charge in [0.15, 0.2) is 0 Å². The van der Waals surface area contributed by atoms with E-state index in [1.807, 2.05) is 27.7 Å². The number of ether oxygens (including phenoxy) is 2. The van der Waals surface area contributed by atoms with Crippen LogP contribution < -0.4 is 10.2 Å². The first-order valence-corrected chi connectivity index (χ1v) is 8.18. The molecule has 0 bridgehead atoms. The van der Waals surface area contributed by atoms with E-state index in [2.05, 4.69) is 0 Å². The fourth-order valence-corrected chi connectivity index (χ4v) is 2.76. The molecule has 0 saturated carbocycles. The Hall–Kier alpha value is -1.11. The van der Waals surface area contributed by atoms with E-state index in [9.17, 15) is 4.39 Å². The van der Waals surface area contributed by atoms with Gasteiger partial charge in [0, 0.05) is 12.1 Å². The molecule has 1 aromatic rings. The number of hydrogen-bond donors (Lipinski definition) is 0. The number of benzene rings is 1. The monoisotopic (exact) mass is 322 g/mol. The maximum atomic E-state index is 13.8. The standard InChI is InChI=1S/C17H24BFO4/c1-16(2)17(3,4)23-18(22-16)14-10-12(19)7-8-15(14)21-13-6-5-9-20-11-13/h7-8,10,13H,5-6,9,11H2,1-4H3. The van der Waals surface area contributed by atoms with Crippen LogP contribution in [0.25, 0.3) is 0 Å². The van der Waals surface area contributed by atoms with Crippen LogP contribution in [0.5, 0.6) is 5.75 Å². The van der Waals surface area contributed by atoms with Crippen molar-refractivity contribution in [3.63, 3.8) is 0 Å². The number of rotatable bonds is 3. The Bertz CT molecular complexity index is 554. The minimum atomic E-state index is -0.643. The Labute approximate surface area is 137 Å². The molecule has 4 nitrogen and oxygen atoms in total. The summed E-state index contributed by atoms with van der Waals surface area (Å²) in [6, 6.07) is 4.47. The van der Waals surface area contributed by atoms with E-state index >= 15 is 0 Å². The van der Waals surface area contributed by atoms with E-state index in [-0.39, 0.29) is 11.9 Å². The zero-order chi connectivity index (χ0) is 16.7. The van der Waals surface area contributed by atoms with E-state index in [4.69, 9.17) is 18.8 Å². The van der Waals surface area contributed by atoms with Gasteiger partial charge in [-0.15, -0.1) is 0 Å². The highest BCUT2D eigenvalue weighted by Crippen LogP contribution is 2.37. The van der Waals surface area contributed by atoms with E-state index in [0.29, 0.717) is 17.8 Å². The van der Waals surface area contributed by atoms with Gasteiger partial charge in [-0.25, -0.2) is 4.39 Å². The van der Waals surface area contributed by atoms with Gasteiger partial charge >= 0.3 is 7.12 Å². The molecule has 0 spiro atoms. The van der Waals surface area contributed by atoms with Gasteiger partial charge in [-0.05, 0) is 58.7 Å². The molecule has 0 N–H and O–H groups in total. The SMILES string of the molecule is CC1(C)OB(c2cc(F)ccc2OC2CCCOC2)OC1(C)C. The van der Waals surface area contributed by atoms with Gasteiger partial charge in [0.25, 0.3) is 0 Å². The Morgan fingerprint density at radius 3 is 2.48 bits per heavy atom. The van der Waals surface area contributed by atoms with Crippen LogP contribution in [0.1, 0.15) is 40.5 Å². The third-order valence-electron chi connectivity index (χ3n) is 4.89. The van der Waals surface area contributed by atoms with Crippen molar-refractivity contribution in [1.82, 2.24) is 0 Å². The molecule has 1 aromatic carbocycles. The first kappa shape index (κ1) is 16.7. The summed E-state index contributed by atoms with van der Waals surface area (Å²) in [6.07, 6.45) is 1.88. The lowest BCUT2D eigenvalue weighted by Gasteiger charge is -2.32. The van der Waals surface area contributed by atoms with Crippen molar-refractivity contribution in [2.75, 3.05) is 13.2 Å². The Morgan fingerprint density at radius 1 is 1.17 bits per heavy atom. The van der Waals surface area contributed by atoms with E-state index in [1.54, 1.807) is 6.07 Å². The molecule has 2 aliphatic rings. The van der Waals surface area contributed by atoms with Crippen LogP contribution in [-0.2, 0) is 14.0 Å². The highest BCUT2D eigenvalue weighted by atomic mass is 19.1. The molecule has 0 amide bonds. The molecule has 2 aliphatic heterocycles. The first-order chi connectivity index (χ1) is 10.8. The van der Waals surface area contributed by atoms with Crippen molar-refractivity contribution in [3.05, 3.63) is 24.0 Å². The summed E-state index contributed by atoms with van der Waals surface area (Å²) >= 11 is 0. The maximum Gasteiger partial charge on any atom is 0.498 e. The van der Waals surface area contributed by atoms with Crippen LogP contribution in [-0.4, -0.2) is 37.6 Å². The summed E-state index contributed by atoms with van der Waals surface area (Å²) in [7, 11) is -0.643. The lowest BCUT2D eigenvalue weighted by Crippen LogP contribution is -2.41. The summed E-state index contributed by atoms with van der Waals surface area (Å²) in [5.74, 6) is 0.266. The second-order valence-electron chi connectivity index (χ2n) is 7.23. The maximum absolute atomic E-state index is 13.8. The molecule has 0 radical (unpaired) electrons. The third kappa shape index (κ3) is 3.39. The molecule has 6 heteroatoms. The summed E-state index contributed by atoms with van der Waals surface area (Å²) < 4.78 is 37.3. The smallest absolute Gasteiger partial charge is 0.488 e. The number of hydrogen-bond acceptors (Lipinski definition) is 4. The van der Waals surface area contributed by atoms with Crippen molar-refractivity contribution in [2.45, 2.75) is 57.8 Å². The summed E-state index contributed by atoms with van der Waals surface area (Å²) in [6.45, 7) is 9.22. The normalized spacial score (nSPS) is 26.3. The van der Waals surface area contributed by atoms with Gasteiger partial charge in [-0.2, -0.15) is 0 Å². The second kappa shape index (κ2) is 6.08. The predicted octanol–water partition coefficient (Wildman–Crippen LogP) is 2.68. The summed E-state index contributed by atoms with van der Waals surface area (Å²) in [4.78, 5) is 0. The van der Waals surface area contributed by atoms with Crippen molar-refractivity contribution in [3.8, 4) is 5.75 Å². The fourth-order valence-electron chi connectivity index (χ4n) is 2.76. The van der Waals surface area contributed by atoms with Gasteiger partial charge in [-0.3, -0.25) is 0 Å². The Morgan fingerprint density at radius 2 is 1.87 bits per heavy atom. The van der Waals surface area contributed by atoms with Gasteiger partial charge in [0.2, 0.25) is 0 Å². The zero-order valence-electron chi connectivity index (χ0n) is 14.2. The number of halogens is 1. The van der Waals surface area contributed by atoms with Crippen molar-refractivity contribution in [2.24, 2.45) is 0 Å². The lowest BCUT2D eigenvalue weighted by molar-refractivity contribution is 0.00578. The molecule has 2 heterocycles. The molecule has 1 atom stereocenters. The summed E-state index contributed by atoms with van der Waals surface area (Å²) in [5.41, 5.74) is -0.362. The van der Waals surface area contributed by atoms with Crippen molar-refractivity contribution < 1.29 is 23.2 Å². The van der Waals surface area contributed by atoms with Crippen molar-refractivity contribution in [1.29, 1.82) is 0 Å². The molecule has 126 valence electrons. The molecule has 0 aromatic heterocycles. The predicted molar refractivity (Wildman–Crippen MR) is 86.6 cm³/mol. The van der Waals surface area contributed by atoms with Gasteiger partial charge < -0.3 is 18.8 Å². The highest BCUT2D eigenvalue weighted by molar-refractivity contribution is 6.63. The van der Waals surface area contributed by atoms with Crippen LogP contribution in [0.3, 0.4) is 0 Å². The Balaban J connectivity index is 1.85. The molecule has 0 aliphatic carbocycles. The fraction of sp³-hybridized carbons (Fsp3) is 0.647. The highest BCUT2D eigenvalue weighted by Gasteiger charge is 2.52. The minimum absolute atomic E-state index is 0.0182. The first-order valence-electron chi connectivity index (χ1n) is 8.18. The molecule has 3 rings (SSSR count). The van der Waals surface area contributed by atoms with E-state index < -0.39 is 18.3 Å². The molecule has 2 fully saturated rings. The molecule has 23 heavy (non-hydrogen) atoms. The average Bonchev–Trinajstić information content (AvgIpc) is 2.70. The van der Waals surface area contributed by atoms with Gasteiger partial charge in [0.1, 0.15) is 17.7 Å². The molecule has 1 unspecified atom stereocenters. The summed E-state index contributed by atoms with van der Waals surface area (Å²) in [5, 5.41) is 0. The quantitative estimate of drug-likeness (QED) is 0.802. The largest absolute Gasteiger partial charge is 0.498 e. The topological polar surface area (TPSA) is 36.9 Å². The van der Waals surface area contributed by atoms with Gasteiger partial charge in [0.05, 0.1) is 17.8 Å². The minimum Gasteiger partial charge on any atom is -0.488 e. The van der Waals surface area contributed by atoms with E-state index in [0.717, 1.165) is 19.4 Å². The molecular weight excluding hydrogens is 298 g/mol. The van der Waals surface area contributed by atoms with Gasteiger partial charge in [-0.1, -0.05) is 0 Å². The zero-order valence-corrected chi connectivity index (χ0v) is 14.2. The van der Waals surface area contributed by atoms with Crippen LogP contribution in [0, 0.1) is 5.82 Å². The van der Waals surface area contributed by atoms with E-state index in [1.165, 1.54) is 12.1 Å². The lowest BCUT2D eigenvalue weighted by atomic mass is 9.78. The van der Waals surface area contributed by atoms with Crippen LogP contribution in [0.2, 0.25) is 0 Å². The van der Waals surface area contributed by atoms with Crippen LogP contribution >= 0.6 is 0 Å². The Kier molecular flexibility index (Phi) is 4.42. The molecular formula is C17H24BFO4.